The second-order valence-electron chi connectivity index (χ2n) is 5.30. The van der Waals surface area contributed by atoms with Gasteiger partial charge in [-0.2, -0.15) is 10.4 Å². The summed E-state index contributed by atoms with van der Waals surface area (Å²) in [6, 6.07) is 11.2. The Morgan fingerprint density at radius 2 is 2.13 bits per heavy atom. The number of aromatic nitrogens is 3. The molecule has 3 aromatic rings. The average Bonchev–Trinajstić information content (AvgIpc) is 2.94. The number of carbonyl (C=O) groups is 1. The van der Waals surface area contributed by atoms with Crippen molar-refractivity contribution in [2.75, 3.05) is 5.32 Å². The van der Waals surface area contributed by atoms with Crippen molar-refractivity contribution < 1.29 is 4.79 Å². The lowest BCUT2D eigenvalue weighted by Crippen LogP contribution is -2.12. The molecule has 6 heteroatoms. The van der Waals surface area contributed by atoms with Crippen LogP contribution < -0.4 is 5.32 Å². The van der Waals surface area contributed by atoms with Gasteiger partial charge in [0.05, 0.1) is 23.5 Å². The summed E-state index contributed by atoms with van der Waals surface area (Å²) in [7, 11) is 0. The Bertz CT molecular complexity index is 889. The minimum Gasteiger partial charge on any atom is -0.325 e. The van der Waals surface area contributed by atoms with Crippen molar-refractivity contribution in [2.45, 2.75) is 19.8 Å². The van der Waals surface area contributed by atoms with Gasteiger partial charge in [0.25, 0.3) is 0 Å². The number of carbonyl (C=O) groups excluding carboxylic acids is 1. The smallest absolute Gasteiger partial charge is 0.224 e. The number of rotatable bonds is 4. The van der Waals surface area contributed by atoms with Crippen LogP contribution in [0.2, 0.25) is 0 Å². The van der Waals surface area contributed by atoms with E-state index in [4.69, 9.17) is 5.26 Å². The second kappa shape index (κ2) is 6.28. The SMILES string of the molecule is Cc1[nH]nc2ncc(NC(=O)CCc3ccc(C#N)cc3)cc12. The highest BCUT2D eigenvalue weighted by Gasteiger charge is 2.07. The Hall–Kier alpha value is -3.20. The molecule has 0 spiro atoms. The predicted molar refractivity (Wildman–Crippen MR) is 86.7 cm³/mol. The molecule has 0 fully saturated rings. The van der Waals surface area contributed by atoms with E-state index in [0.29, 0.717) is 29.7 Å². The van der Waals surface area contributed by atoms with Crippen molar-refractivity contribution in [3.05, 3.63) is 53.3 Å². The second-order valence-corrected chi connectivity index (χ2v) is 5.30. The van der Waals surface area contributed by atoms with Gasteiger partial charge in [-0.25, -0.2) is 4.98 Å². The molecule has 3 rings (SSSR count). The van der Waals surface area contributed by atoms with Gasteiger partial charge in [-0.05, 0) is 37.1 Å². The van der Waals surface area contributed by atoms with E-state index in [2.05, 4.69) is 26.6 Å². The van der Waals surface area contributed by atoms with Gasteiger partial charge < -0.3 is 5.32 Å². The Labute approximate surface area is 133 Å². The molecule has 1 aromatic carbocycles. The van der Waals surface area contributed by atoms with E-state index in [1.807, 2.05) is 25.1 Å². The summed E-state index contributed by atoms with van der Waals surface area (Å²) >= 11 is 0. The lowest BCUT2D eigenvalue weighted by atomic mass is 10.1. The number of nitrogens with zero attached hydrogens (tertiary/aromatic N) is 3. The third kappa shape index (κ3) is 3.35. The van der Waals surface area contributed by atoms with Crippen molar-refractivity contribution in [3.8, 4) is 6.07 Å². The largest absolute Gasteiger partial charge is 0.325 e. The van der Waals surface area contributed by atoms with Gasteiger partial charge in [0.1, 0.15) is 0 Å². The molecule has 0 saturated heterocycles. The van der Waals surface area contributed by atoms with Gasteiger partial charge in [0.2, 0.25) is 5.91 Å². The van der Waals surface area contributed by atoms with Crippen molar-refractivity contribution in [1.29, 1.82) is 5.26 Å². The summed E-state index contributed by atoms with van der Waals surface area (Å²) in [5.74, 6) is -0.0725. The number of amides is 1. The number of benzene rings is 1. The highest BCUT2D eigenvalue weighted by molar-refractivity contribution is 5.93. The molecule has 2 heterocycles. The van der Waals surface area contributed by atoms with Crippen LogP contribution in [-0.4, -0.2) is 21.1 Å². The normalized spacial score (nSPS) is 10.4. The Kier molecular flexibility index (Phi) is 4.02. The van der Waals surface area contributed by atoms with Crippen LogP contribution in [-0.2, 0) is 11.2 Å². The minimum atomic E-state index is -0.0725. The molecular formula is C17H15N5O. The fraction of sp³-hybridized carbons (Fsp3) is 0.176. The van der Waals surface area contributed by atoms with E-state index in [-0.39, 0.29) is 5.91 Å². The Morgan fingerprint density at radius 1 is 1.35 bits per heavy atom. The zero-order valence-corrected chi connectivity index (χ0v) is 12.6. The highest BCUT2D eigenvalue weighted by atomic mass is 16.1. The highest BCUT2D eigenvalue weighted by Crippen LogP contribution is 2.17. The summed E-state index contributed by atoms with van der Waals surface area (Å²) in [5, 5.41) is 19.4. The molecular weight excluding hydrogens is 290 g/mol. The number of aryl methyl sites for hydroxylation is 2. The summed E-state index contributed by atoms with van der Waals surface area (Å²) in [6.07, 6.45) is 2.59. The molecule has 0 aliphatic carbocycles. The van der Waals surface area contributed by atoms with E-state index >= 15 is 0 Å². The van der Waals surface area contributed by atoms with Gasteiger partial charge in [-0.1, -0.05) is 12.1 Å². The maximum atomic E-state index is 12.1. The van der Waals surface area contributed by atoms with E-state index < -0.39 is 0 Å². The third-order valence-corrected chi connectivity index (χ3v) is 3.61. The molecule has 114 valence electrons. The molecule has 6 nitrogen and oxygen atoms in total. The van der Waals surface area contributed by atoms with Crippen molar-refractivity contribution in [1.82, 2.24) is 15.2 Å². The van der Waals surface area contributed by atoms with Crippen LogP contribution >= 0.6 is 0 Å². The summed E-state index contributed by atoms with van der Waals surface area (Å²) < 4.78 is 0. The van der Waals surface area contributed by atoms with E-state index in [9.17, 15) is 4.79 Å². The molecule has 2 aromatic heterocycles. The van der Waals surface area contributed by atoms with E-state index in [0.717, 1.165) is 16.6 Å². The number of anilines is 1. The molecule has 1 amide bonds. The van der Waals surface area contributed by atoms with Gasteiger partial charge in [0, 0.05) is 17.5 Å². The molecule has 0 aliphatic rings. The van der Waals surface area contributed by atoms with Crippen LogP contribution in [0.4, 0.5) is 5.69 Å². The summed E-state index contributed by atoms with van der Waals surface area (Å²) in [5.41, 5.74) is 3.86. The fourth-order valence-corrected chi connectivity index (χ4v) is 2.32. The fourth-order valence-electron chi connectivity index (χ4n) is 2.32. The lowest BCUT2D eigenvalue weighted by molar-refractivity contribution is -0.116. The quantitative estimate of drug-likeness (QED) is 0.774. The van der Waals surface area contributed by atoms with Crippen LogP contribution in [0.3, 0.4) is 0 Å². The number of aromatic amines is 1. The van der Waals surface area contributed by atoms with E-state index in [1.165, 1.54) is 0 Å². The number of fused-ring (bicyclic) bond motifs is 1. The zero-order valence-electron chi connectivity index (χ0n) is 12.6. The minimum absolute atomic E-state index is 0.0725. The molecule has 0 bridgehead atoms. The lowest BCUT2D eigenvalue weighted by Gasteiger charge is -2.05. The van der Waals surface area contributed by atoms with Gasteiger partial charge >= 0.3 is 0 Å². The third-order valence-electron chi connectivity index (χ3n) is 3.61. The number of hydrogen-bond acceptors (Lipinski definition) is 4. The molecule has 2 N–H and O–H groups in total. The summed E-state index contributed by atoms with van der Waals surface area (Å²) in [6.45, 7) is 1.91. The predicted octanol–water partition coefficient (Wildman–Crippen LogP) is 2.71. The first-order valence-corrected chi connectivity index (χ1v) is 7.25. The molecule has 0 atom stereocenters. The van der Waals surface area contributed by atoms with Crippen LogP contribution in [0.15, 0.2) is 36.5 Å². The first kappa shape index (κ1) is 14.7. The Balaban J connectivity index is 1.61. The topological polar surface area (TPSA) is 94.5 Å². The molecule has 0 aliphatic heterocycles. The average molecular weight is 305 g/mol. The van der Waals surface area contributed by atoms with Crippen LogP contribution in [0, 0.1) is 18.3 Å². The van der Waals surface area contributed by atoms with Crippen molar-refractivity contribution >= 4 is 22.6 Å². The van der Waals surface area contributed by atoms with Crippen LogP contribution in [0.25, 0.3) is 11.0 Å². The first-order valence-electron chi connectivity index (χ1n) is 7.25. The number of nitriles is 1. The standard InChI is InChI=1S/C17H15N5O/c1-11-15-8-14(10-19-17(15)22-21-11)20-16(23)7-6-12-2-4-13(9-18)5-3-12/h2-5,8,10H,6-7H2,1H3,(H,20,23)(H,19,21,22). The van der Waals surface area contributed by atoms with Crippen LogP contribution in [0.5, 0.6) is 0 Å². The van der Waals surface area contributed by atoms with E-state index in [1.54, 1.807) is 18.3 Å². The molecule has 0 radical (unpaired) electrons. The molecule has 0 saturated carbocycles. The number of nitrogens with one attached hydrogen (secondary N) is 2. The van der Waals surface area contributed by atoms with Gasteiger partial charge in [0.15, 0.2) is 5.65 Å². The maximum Gasteiger partial charge on any atom is 0.224 e. The first-order chi connectivity index (χ1) is 11.2. The zero-order chi connectivity index (χ0) is 16.2. The van der Waals surface area contributed by atoms with Gasteiger partial charge in [-0.15, -0.1) is 0 Å². The monoisotopic (exact) mass is 305 g/mol. The molecule has 0 unspecified atom stereocenters. The van der Waals surface area contributed by atoms with Crippen LogP contribution in [0.1, 0.15) is 23.2 Å². The maximum absolute atomic E-state index is 12.1. The number of H-pyrrole nitrogens is 1. The van der Waals surface area contributed by atoms with Gasteiger partial charge in [-0.3, -0.25) is 9.89 Å². The summed E-state index contributed by atoms with van der Waals surface area (Å²) in [4.78, 5) is 16.3. The Morgan fingerprint density at radius 3 is 2.87 bits per heavy atom. The van der Waals surface area contributed by atoms with Crippen molar-refractivity contribution in [2.24, 2.45) is 0 Å². The number of pyridine rings is 1. The molecule has 23 heavy (non-hydrogen) atoms. The number of hydrogen-bond donors (Lipinski definition) is 2. The van der Waals surface area contributed by atoms with Crippen molar-refractivity contribution in [3.63, 3.8) is 0 Å².